The summed E-state index contributed by atoms with van der Waals surface area (Å²) in [6, 6.07) is 0. The van der Waals surface area contributed by atoms with Crippen LogP contribution in [0.15, 0.2) is 36.9 Å². The first-order valence-corrected chi connectivity index (χ1v) is 3.98. The van der Waals surface area contributed by atoms with Crippen LogP contribution in [-0.2, 0) is 0 Å². The molecule has 0 aromatic heterocycles. The van der Waals surface area contributed by atoms with Crippen molar-refractivity contribution in [3.05, 3.63) is 36.9 Å². The molecule has 0 fully saturated rings. The first-order valence-electron chi connectivity index (χ1n) is 3.54. The lowest BCUT2D eigenvalue weighted by molar-refractivity contribution is 0.373. The lowest BCUT2D eigenvalue weighted by Crippen LogP contribution is -2.23. The second-order valence-electron chi connectivity index (χ2n) is 2.16. The SMILES string of the molecule is C=CCN(CC=C)C/C=C/Cl. The number of rotatable bonds is 6. The van der Waals surface area contributed by atoms with Crippen molar-refractivity contribution in [3.8, 4) is 0 Å². The molecule has 0 amide bonds. The Hall–Kier alpha value is -0.530. The van der Waals surface area contributed by atoms with Crippen LogP contribution in [-0.4, -0.2) is 24.5 Å². The third kappa shape index (κ3) is 5.89. The highest BCUT2D eigenvalue weighted by Gasteiger charge is 1.94. The van der Waals surface area contributed by atoms with Crippen LogP contribution in [0.2, 0.25) is 0 Å². The minimum absolute atomic E-state index is 0.849. The zero-order chi connectivity index (χ0) is 8.53. The Bertz CT molecular complexity index is 130. The summed E-state index contributed by atoms with van der Waals surface area (Å²) < 4.78 is 0. The van der Waals surface area contributed by atoms with Gasteiger partial charge in [0.05, 0.1) is 0 Å². The summed E-state index contributed by atoms with van der Waals surface area (Å²) in [5.41, 5.74) is 1.53. The zero-order valence-corrected chi connectivity index (χ0v) is 7.43. The normalized spacial score (nSPS) is 10.7. The van der Waals surface area contributed by atoms with Crippen LogP contribution in [0.5, 0.6) is 0 Å². The Morgan fingerprint density at radius 3 is 2.00 bits per heavy atom. The van der Waals surface area contributed by atoms with Gasteiger partial charge in [-0.3, -0.25) is 4.90 Å². The highest BCUT2D eigenvalue weighted by molar-refractivity contribution is 6.25. The molecule has 62 valence electrons. The first-order chi connectivity index (χ1) is 5.35. The Morgan fingerprint density at radius 1 is 1.09 bits per heavy atom. The van der Waals surface area contributed by atoms with Gasteiger partial charge in [-0.25, -0.2) is 0 Å². The standard InChI is InChI=1S/C9H14ClN/c1-3-7-11(8-4-2)9-5-6-10/h3-6H,1-2,7-9H2/b6-5+. The Kier molecular flexibility index (Phi) is 7.21. The number of nitrogens with zero attached hydrogens (tertiary/aromatic N) is 1. The lowest BCUT2D eigenvalue weighted by atomic mass is 10.4. The third-order valence-corrected chi connectivity index (χ3v) is 1.41. The minimum atomic E-state index is 0.849. The molecule has 0 aliphatic heterocycles. The van der Waals surface area contributed by atoms with E-state index in [4.69, 9.17) is 11.6 Å². The predicted molar refractivity (Wildman–Crippen MR) is 51.8 cm³/mol. The second-order valence-corrected chi connectivity index (χ2v) is 2.41. The van der Waals surface area contributed by atoms with E-state index in [1.54, 1.807) is 0 Å². The molecule has 0 bridgehead atoms. The van der Waals surface area contributed by atoms with E-state index < -0.39 is 0 Å². The molecule has 2 heteroatoms. The molecule has 0 aromatic carbocycles. The van der Waals surface area contributed by atoms with Gasteiger partial charge in [-0.1, -0.05) is 29.8 Å². The van der Waals surface area contributed by atoms with Gasteiger partial charge in [-0.2, -0.15) is 0 Å². The van der Waals surface area contributed by atoms with Crippen LogP contribution in [0.1, 0.15) is 0 Å². The van der Waals surface area contributed by atoms with Crippen LogP contribution in [0.25, 0.3) is 0 Å². The molecule has 0 saturated heterocycles. The van der Waals surface area contributed by atoms with Gasteiger partial charge in [0.25, 0.3) is 0 Å². The molecule has 0 atom stereocenters. The first kappa shape index (κ1) is 10.5. The fourth-order valence-corrected chi connectivity index (χ4v) is 0.857. The molecule has 0 aliphatic carbocycles. The van der Waals surface area contributed by atoms with Crippen LogP contribution < -0.4 is 0 Å². The largest absolute Gasteiger partial charge is 0.292 e. The summed E-state index contributed by atoms with van der Waals surface area (Å²) in [6.07, 6.45) is 5.63. The van der Waals surface area contributed by atoms with E-state index in [1.165, 1.54) is 5.54 Å². The van der Waals surface area contributed by atoms with Gasteiger partial charge in [0.1, 0.15) is 0 Å². The average Bonchev–Trinajstić information content (AvgIpc) is 2.01. The molecule has 0 aromatic rings. The maximum Gasteiger partial charge on any atom is 0.0181 e. The van der Waals surface area contributed by atoms with Crippen molar-refractivity contribution in [2.24, 2.45) is 0 Å². The van der Waals surface area contributed by atoms with Gasteiger partial charge in [0, 0.05) is 25.2 Å². The van der Waals surface area contributed by atoms with Crippen molar-refractivity contribution >= 4 is 11.6 Å². The Balaban J connectivity index is 3.66. The van der Waals surface area contributed by atoms with E-state index >= 15 is 0 Å². The highest BCUT2D eigenvalue weighted by Crippen LogP contribution is 1.90. The molecule has 0 aliphatic rings. The minimum Gasteiger partial charge on any atom is -0.292 e. The number of hydrogen-bond acceptors (Lipinski definition) is 1. The summed E-state index contributed by atoms with van der Waals surface area (Å²) in [5.74, 6) is 0. The molecule has 0 radical (unpaired) electrons. The van der Waals surface area contributed by atoms with Crippen LogP contribution in [0.4, 0.5) is 0 Å². The molecule has 0 saturated carbocycles. The summed E-state index contributed by atoms with van der Waals surface area (Å²) >= 11 is 5.39. The molecular weight excluding hydrogens is 158 g/mol. The van der Waals surface area contributed by atoms with Crippen molar-refractivity contribution in [3.63, 3.8) is 0 Å². The average molecular weight is 172 g/mol. The molecule has 11 heavy (non-hydrogen) atoms. The molecule has 1 nitrogen and oxygen atoms in total. The predicted octanol–water partition coefficient (Wildman–Crippen LogP) is 2.41. The second kappa shape index (κ2) is 7.58. The molecule has 0 rings (SSSR count). The summed E-state index contributed by atoms with van der Waals surface area (Å²) in [4.78, 5) is 2.17. The van der Waals surface area contributed by atoms with Gasteiger partial charge < -0.3 is 0 Å². The van der Waals surface area contributed by atoms with Crippen molar-refractivity contribution < 1.29 is 0 Å². The maximum absolute atomic E-state index is 5.39. The Labute approximate surface area is 73.7 Å². The van der Waals surface area contributed by atoms with E-state index in [1.807, 2.05) is 18.2 Å². The molecular formula is C9H14ClN. The van der Waals surface area contributed by atoms with E-state index in [0.717, 1.165) is 19.6 Å². The van der Waals surface area contributed by atoms with E-state index in [-0.39, 0.29) is 0 Å². The van der Waals surface area contributed by atoms with Gasteiger partial charge in [0.15, 0.2) is 0 Å². The lowest BCUT2D eigenvalue weighted by Gasteiger charge is -2.15. The van der Waals surface area contributed by atoms with Crippen LogP contribution in [0, 0.1) is 0 Å². The van der Waals surface area contributed by atoms with Gasteiger partial charge in [-0.05, 0) is 0 Å². The monoisotopic (exact) mass is 171 g/mol. The molecule has 0 N–H and O–H groups in total. The quantitative estimate of drug-likeness (QED) is 0.555. The molecule has 0 spiro atoms. The molecule has 0 heterocycles. The summed E-state index contributed by atoms with van der Waals surface area (Å²) in [7, 11) is 0. The fraction of sp³-hybridized carbons (Fsp3) is 0.333. The third-order valence-electron chi connectivity index (χ3n) is 1.23. The van der Waals surface area contributed by atoms with E-state index in [9.17, 15) is 0 Å². The van der Waals surface area contributed by atoms with Crippen molar-refractivity contribution in [1.29, 1.82) is 0 Å². The van der Waals surface area contributed by atoms with Gasteiger partial charge in [-0.15, -0.1) is 13.2 Å². The van der Waals surface area contributed by atoms with Gasteiger partial charge in [0.2, 0.25) is 0 Å². The van der Waals surface area contributed by atoms with Gasteiger partial charge >= 0.3 is 0 Å². The number of halogens is 1. The Morgan fingerprint density at radius 2 is 1.64 bits per heavy atom. The van der Waals surface area contributed by atoms with Crippen molar-refractivity contribution in [1.82, 2.24) is 4.90 Å². The topological polar surface area (TPSA) is 3.24 Å². The summed E-state index contributed by atoms with van der Waals surface area (Å²) in [5, 5.41) is 0. The smallest absolute Gasteiger partial charge is 0.0181 e. The van der Waals surface area contributed by atoms with Crippen LogP contribution in [0.3, 0.4) is 0 Å². The zero-order valence-electron chi connectivity index (χ0n) is 6.67. The highest BCUT2D eigenvalue weighted by atomic mass is 35.5. The fourth-order valence-electron chi connectivity index (χ4n) is 0.778. The van der Waals surface area contributed by atoms with E-state index in [2.05, 4.69) is 18.1 Å². The molecule has 0 unspecified atom stereocenters. The van der Waals surface area contributed by atoms with Crippen LogP contribution >= 0.6 is 11.6 Å². The van der Waals surface area contributed by atoms with E-state index in [0.29, 0.717) is 0 Å². The number of hydrogen-bond donors (Lipinski definition) is 0. The summed E-state index contributed by atoms with van der Waals surface area (Å²) in [6.45, 7) is 9.90. The van der Waals surface area contributed by atoms with Crippen molar-refractivity contribution in [2.45, 2.75) is 0 Å². The van der Waals surface area contributed by atoms with Crippen molar-refractivity contribution in [2.75, 3.05) is 19.6 Å². The maximum atomic E-state index is 5.39.